The molecule has 10 nitrogen and oxygen atoms in total. The fraction of sp³-hybridized carbons (Fsp3) is 0.909. The van der Waals surface area contributed by atoms with Crippen LogP contribution in [0.25, 0.3) is 0 Å². The van der Waals surface area contributed by atoms with Crippen molar-refractivity contribution >= 4 is 12.2 Å². The van der Waals surface area contributed by atoms with Gasteiger partial charge in [0, 0.05) is 0 Å². The summed E-state index contributed by atoms with van der Waals surface area (Å²) < 4.78 is 22.3. The van der Waals surface area contributed by atoms with E-state index in [4.69, 9.17) is 18.9 Å². The van der Waals surface area contributed by atoms with Crippen molar-refractivity contribution in [1.29, 1.82) is 0 Å². The van der Waals surface area contributed by atoms with Crippen molar-refractivity contribution in [2.45, 2.75) is 104 Å². The highest BCUT2D eigenvalue weighted by Gasteiger charge is 2.71. The Kier molecular flexibility index (Phi) is 7.18. The average Bonchev–Trinajstić information content (AvgIpc) is 3.11. The Morgan fingerprint density at radius 2 is 1.06 bits per heavy atom. The molecule has 32 heavy (non-hydrogen) atoms. The highest BCUT2D eigenvalue weighted by molar-refractivity contribution is 5.70. The lowest BCUT2D eigenvalue weighted by Gasteiger charge is -2.45. The molecule has 2 rings (SSSR count). The molecule has 2 heterocycles. The number of carbonyl (C=O) groups excluding carboxylic acids is 2. The van der Waals surface area contributed by atoms with E-state index in [9.17, 15) is 19.8 Å². The number of aliphatic hydroxyl groups is 2. The summed E-state index contributed by atoms with van der Waals surface area (Å²) in [5.41, 5.74) is -1.51. The molecule has 0 aromatic carbocycles. The average molecular weight is 461 g/mol. The molecule has 0 spiro atoms. The van der Waals surface area contributed by atoms with Crippen molar-refractivity contribution in [1.82, 2.24) is 9.80 Å². The van der Waals surface area contributed by atoms with Gasteiger partial charge in [-0.2, -0.15) is 0 Å². The number of carbonyl (C=O) groups is 2. The number of nitrogens with zero attached hydrogens (tertiary/aromatic N) is 2. The zero-order valence-corrected chi connectivity index (χ0v) is 21.0. The van der Waals surface area contributed by atoms with Crippen LogP contribution >= 0.6 is 0 Å². The molecule has 0 saturated carbocycles. The monoisotopic (exact) mass is 460 g/mol. The summed E-state index contributed by atoms with van der Waals surface area (Å²) in [5, 5.41) is 23.4. The number of ether oxygens (including phenoxy) is 4. The summed E-state index contributed by atoms with van der Waals surface area (Å²) in [6.45, 7) is 16.9. The Morgan fingerprint density at radius 3 is 1.28 bits per heavy atom. The number of rotatable bonds is 3. The van der Waals surface area contributed by atoms with E-state index in [0.29, 0.717) is 0 Å². The van der Waals surface area contributed by atoms with Gasteiger partial charge in [-0.1, -0.05) is 27.7 Å². The van der Waals surface area contributed by atoms with E-state index in [1.807, 2.05) is 0 Å². The number of hydrogen-bond donors (Lipinski definition) is 2. The first-order chi connectivity index (χ1) is 14.3. The van der Waals surface area contributed by atoms with Crippen LogP contribution in [-0.2, 0) is 18.9 Å². The Morgan fingerprint density at radius 1 is 0.781 bits per heavy atom. The van der Waals surface area contributed by atoms with Crippen molar-refractivity contribution in [3.8, 4) is 0 Å². The molecule has 0 aliphatic carbocycles. The van der Waals surface area contributed by atoms with Crippen molar-refractivity contribution in [3.63, 3.8) is 0 Å². The van der Waals surface area contributed by atoms with Gasteiger partial charge in [0.05, 0.1) is 12.1 Å². The summed E-state index contributed by atoms with van der Waals surface area (Å²) in [4.78, 5) is 28.1. The van der Waals surface area contributed by atoms with Crippen molar-refractivity contribution in [2.24, 2.45) is 11.8 Å². The van der Waals surface area contributed by atoms with Gasteiger partial charge >= 0.3 is 12.2 Å². The zero-order valence-electron chi connectivity index (χ0n) is 21.0. The topological polar surface area (TPSA) is 118 Å². The molecule has 2 N–H and O–H groups in total. The molecule has 186 valence electrons. The largest absolute Gasteiger partial charge is 0.444 e. The highest BCUT2D eigenvalue weighted by atomic mass is 16.7. The van der Waals surface area contributed by atoms with Gasteiger partial charge in [0.15, 0.2) is 0 Å². The first kappa shape index (κ1) is 26.6. The number of hydrogen-bond acceptors (Lipinski definition) is 8. The minimum atomic E-state index is -2.32. The van der Waals surface area contributed by atoms with E-state index >= 15 is 0 Å². The van der Waals surface area contributed by atoms with Crippen molar-refractivity contribution < 1.29 is 38.7 Å². The molecule has 2 fully saturated rings. The van der Waals surface area contributed by atoms with Gasteiger partial charge in [0.1, 0.15) is 24.7 Å². The van der Waals surface area contributed by atoms with E-state index in [-0.39, 0.29) is 25.3 Å². The fourth-order valence-corrected chi connectivity index (χ4v) is 4.32. The second-order valence-electron chi connectivity index (χ2n) is 11.2. The summed E-state index contributed by atoms with van der Waals surface area (Å²) in [6, 6.07) is -2.00. The van der Waals surface area contributed by atoms with E-state index in [2.05, 4.69) is 0 Å². The van der Waals surface area contributed by atoms with Gasteiger partial charge in [-0.25, -0.2) is 9.59 Å². The molecular weight excluding hydrogens is 420 g/mol. The predicted molar refractivity (Wildman–Crippen MR) is 115 cm³/mol. The molecule has 2 amide bonds. The normalized spacial score (nSPS) is 31.6. The van der Waals surface area contributed by atoms with Crippen LogP contribution in [0.15, 0.2) is 0 Å². The molecule has 2 saturated heterocycles. The Balaban J connectivity index is 2.43. The van der Waals surface area contributed by atoms with Crippen LogP contribution in [0.1, 0.15) is 69.2 Å². The van der Waals surface area contributed by atoms with Crippen LogP contribution in [0.5, 0.6) is 0 Å². The van der Waals surface area contributed by atoms with E-state index in [1.165, 1.54) is 9.80 Å². The smallest absolute Gasteiger partial charge is 0.412 e. The summed E-state index contributed by atoms with van der Waals surface area (Å²) >= 11 is 0. The quantitative estimate of drug-likeness (QED) is 0.660. The Hall–Kier alpha value is -1.62. The maximum absolute atomic E-state index is 12.8. The Labute approximate surface area is 190 Å². The lowest BCUT2D eigenvalue weighted by Crippen LogP contribution is -2.70. The maximum atomic E-state index is 12.8. The molecule has 0 aromatic heterocycles. The predicted octanol–water partition coefficient (Wildman–Crippen LogP) is 2.86. The van der Waals surface area contributed by atoms with Gasteiger partial charge in [-0.3, -0.25) is 9.80 Å². The van der Waals surface area contributed by atoms with Gasteiger partial charge in [-0.15, -0.1) is 0 Å². The van der Waals surface area contributed by atoms with Crippen LogP contribution in [-0.4, -0.2) is 80.5 Å². The van der Waals surface area contributed by atoms with E-state index < -0.39 is 47.0 Å². The lowest BCUT2D eigenvalue weighted by atomic mass is 9.81. The lowest BCUT2D eigenvalue weighted by molar-refractivity contribution is -0.371. The van der Waals surface area contributed by atoms with Gasteiger partial charge in [0.25, 0.3) is 0 Å². The van der Waals surface area contributed by atoms with Gasteiger partial charge in [0.2, 0.25) is 11.6 Å². The summed E-state index contributed by atoms with van der Waals surface area (Å²) in [6.07, 6.45) is -1.36. The van der Waals surface area contributed by atoms with Crippen LogP contribution in [0.3, 0.4) is 0 Å². The molecule has 0 aromatic rings. The van der Waals surface area contributed by atoms with Gasteiger partial charge in [-0.05, 0) is 53.4 Å². The second-order valence-corrected chi connectivity index (χ2v) is 11.2. The molecule has 2 aliphatic rings. The molecular formula is C22H40N2O8. The third-order valence-electron chi connectivity index (χ3n) is 5.35. The first-order valence-corrected chi connectivity index (χ1v) is 11.1. The summed E-state index contributed by atoms with van der Waals surface area (Å²) in [5.74, 6) is -5.31. The van der Waals surface area contributed by atoms with Crippen LogP contribution in [0.2, 0.25) is 0 Å². The SMILES string of the molecule is CC(C)[C@@H]1N(C(=O)OC(C)(C)C)CO[C@@]1(O)[C@]1(O)OCN(C(=O)OC(C)(C)C)[C@H]1C(C)C. The van der Waals surface area contributed by atoms with Crippen molar-refractivity contribution in [3.05, 3.63) is 0 Å². The summed E-state index contributed by atoms with van der Waals surface area (Å²) in [7, 11) is 0. The molecule has 0 radical (unpaired) electrons. The molecule has 10 heteroatoms. The van der Waals surface area contributed by atoms with Crippen LogP contribution in [0.4, 0.5) is 9.59 Å². The second kappa shape index (κ2) is 8.62. The van der Waals surface area contributed by atoms with Crippen molar-refractivity contribution in [2.75, 3.05) is 13.5 Å². The molecule has 4 atom stereocenters. The van der Waals surface area contributed by atoms with E-state index in [1.54, 1.807) is 69.2 Å². The highest BCUT2D eigenvalue weighted by Crippen LogP contribution is 2.47. The molecule has 2 aliphatic heterocycles. The Bertz CT molecular complexity index is 654. The third kappa shape index (κ3) is 4.98. The number of amides is 2. The fourth-order valence-electron chi connectivity index (χ4n) is 4.32. The minimum absolute atomic E-state index is 0.308. The minimum Gasteiger partial charge on any atom is -0.444 e. The molecule has 0 bridgehead atoms. The van der Waals surface area contributed by atoms with Crippen LogP contribution in [0, 0.1) is 11.8 Å². The zero-order chi connectivity index (χ0) is 24.9. The van der Waals surface area contributed by atoms with Crippen LogP contribution < -0.4 is 0 Å². The van der Waals surface area contributed by atoms with Gasteiger partial charge < -0.3 is 29.2 Å². The van der Waals surface area contributed by atoms with E-state index in [0.717, 1.165) is 0 Å². The standard InChI is InChI=1S/C22H40N2O8/c1-13(2)15-21(27,29-11-23(15)17(25)31-19(5,6)7)22(28)16(14(3)4)24(12-30-22)18(26)32-20(8,9)10/h13-16,27-28H,11-12H2,1-10H3/t15-,16-,21+,22+/m0/s1. The third-order valence-corrected chi connectivity index (χ3v) is 5.35. The maximum Gasteiger partial charge on any atom is 0.412 e. The first-order valence-electron chi connectivity index (χ1n) is 11.1. The molecule has 0 unspecified atom stereocenters.